The number of imidazole rings is 1. The molecule has 2 aliphatic rings. The van der Waals surface area contributed by atoms with Crippen molar-refractivity contribution in [3.8, 4) is 11.3 Å². The summed E-state index contributed by atoms with van der Waals surface area (Å²) in [4.78, 5) is 48.7. The van der Waals surface area contributed by atoms with Crippen LogP contribution in [0.3, 0.4) is 0 Å². The zero-order chi connectivity index (χ0) is 33.1. The predicted octanol–water partition coefficient (Wildman–Crippen LogP) is 5.40. The zero-order valence-corrected chi connectivity index (χ0v) is 28.8. The number of aromatic amines is 1. The molecule has 0 bridgehead atoms. The van der Waals surface area contributed by atoms with E-state index in [0.29, 0.717) is 72.4 Å². The van der Waals surface area contributed by atoms with Crippen LogP contribution in [0.1, 0.15) is 24.4 Å². The second-order valence-corrected chi connectivity index (χ2v) is 13.6. The molecule has 10 nitrogen and oxygen atoms in total. The van der Waals surface area contributed by atoms with Crippen LogP contribution < -0.4 is 21.6 Å². The zero-order valence-electron chi connectivity index (χ0n) is 25.7. The highest BCUT2D eigenvalue weighted by Crippen LogP contribution is 2.31. The molecule has 47 heavy (non-hydrogen) atoms. The lowest BCUT2D eigenvalue weighted by atomic mass is 10.0. The molecule has 2 fully saturated rings. The van der Waals surface area contributed by atoms with Gasteiger partial charge < -0.3 is 30.7 Å². The Morgan fingerprint density at radius 3 is 2.21 bits per heavy atom. The monoisotopic (exact) mass is 767 g/mol. The number of amides is 3. The standard InChI is InChI=1S/C34H36Br2FN7O3/c35-25-18-22(19-26(36)31(25)38)20-28(32(45)42-16-14-41(15-17-42)30-9-5-4-8-27(30)37)39-33(46)43-12-10-24(11-13-43)44-21-29(40-34(44)47)23-6-2-1-3-7-23/h1-9,18-19,21,24,28H,10-17,20,38H2,(H,39,46)(H,40,47)/t28-/m0/s1. The number of hydrogen-bond acceptors (Lipinski definition) is 5. The third kappa shape index (κ3) is 7.41. The SMILES string of the molecule is Nc1c(Br)cc(C[C@H](NC(=O)N2CCC(n3cc(-c4ccccc4)[nH]c3=O)CC2)C(=O)N2CCN(c3ccccc3F)CC2)cc1Br. The summed E-state index contributed by atoms with van der Waals surface area (Å²) in [5.74, 6) is -0.489. The first kappa shape index (κ1) is 32.8. The average molecular weight is 770 g/mol. The van der Waals surface area contributed by atoms with E-state index in [1.165, 1.54) is 6.07 Å². The molecular weight excluding hydrogens is 733 g/mol. The maximum Gasteiger partial charge on any atom is 0.326 e. The lowest BCUT2D eigenvalue weighted by Crippen LogP contribution is -2.57. The van der Waals surface area contributed by atoms with Crippen molar-refractivity contribution in [1.82, 2.24) is 24.7 Å². The summed E-state index contributed by atoms with van der Waals surface area (Å²) in [5, 5.41) is 3.02. The largest absolute Gasteiger partial charge is 0.397 e. The molecule has 246 valence electrons. The van der Waals surface area contributed by atoms with Gasteiger partial charge in [0.15, 0.2) is 0 Å². The number of aromatic nitrogens is 2. The van der Waals surface area contributed by atoms with Gasteiger partial charge in [-0.3, -0.25) is 9.36 Å². The molecule has 4 aromatic rings. The Balaban J connectivity index is 1.13. The van der Waals surface area contributed by atoms with Gasteiger partial charge in [0, 0.05) is 66.9 Å². The number of piperidine rings is 1. The van der Waals surface area contributed by atoms with Crippen LogP contribution in [0, 0.1) is 5.82 Å². The third-order valence-corrected chi connectivity index (χ3v) is 10.2. The molecule has 1 atom stereocenters. The maximum absolute atomic E-state index is 14.4. The third-order valence-electron chi connectivity index (χ3n) is 8.93. The van der Waals surface area contributed by atoms with E-state index < -0.39 is 6.04 Å². The Bertz CT molecular complexity index is 1780. The first-order valence-corrected chi connectivity index (χ1v) is 17.2. The molecule has 2 saturated heterocycles. The molecule has 0 radical (unpaired) electrons. The number of halogens is 3. The minimum Gasteiger partial charge on any atom is -0.397 e. The second-order valence-electron chi connectivity index (χ2n) is 11.9. The van der Waals surface area contributed by atoms with Gasteiger partial charge in [0.05, 0.1) is 17.1 Å². The van der Waals surface area contributed by atoms with Crippen LogP contribution in [0.2, 0.25) is 0 Å². The topological polar surface area (TPSA) is 120 Å². The number of nitrogens with two attached hydrogens (primary N) is 1. The molecule has 3 amide bonds. The van der Waals surface area contributed by atoms with E-state index in [1.54, 1.807) is 32.6 Å². The van der Waals surface area contributed by atoms with E-state index >= 15 is 0 Å². The van der Waals surface area contributed by atoms with Gasteiger partial charge in [0.1, 0.15) is 11.9 Å². The fourth-order valence-electron chi connectivity index (χ4n) is 6.32. The number of urea groups is 1. The number of likely N-dealkylation sites (tertiary alicyclic amines) is 1. The molecule has 6 rings (SSSR count). The van der Waals surface area contributed by atoms with Crippen molar-refractivity contribution in [2.45, 2.75) is 31.3 Å². The first-order valence-electron chi connectivity index (χ1n) is 15.6. The van der Waals surface area contributed by atoms with Crippen LogP contribution >= 0.6 is 31.9 Å². The van der Waals surface area contributed by atoms with Gasteiger partial charge in [0.2, 0.25) is 5.91 Å². The molecule has 13 heteroatoms. The number of anilines is 2. The fourth-order valence-corrected chi connectivity index (χ4v) is 7.60. The number of hydrogen-bond donors (Lipinski definition) is 3. The quantitative estimate of drug-likeness (QED) is 0.218. The van der Waals surface area contributed by atoms with Gasteiger partial charge in [-0.15, -0.1) is 0 Å². The number of nitrogens with zero attached hydrogens (tertiary/aromatic N) is 4. The first-order chi connectivity index (χ1) is 22.7. The van der Waals surface area contributed by atoms with Crippen molar-refractivity contribution in [3.05, 3.63) is 104 Å². The minimum absolute atomic E-state index is 0.0482. The number of piperazine rings is 1. The minimum atomic E-state index is -0.830. The highest BCUT2D eigenvalue weighted by atomic mass is 79.9. The summed E-state index contributed by atoms with van der Waals surface area (Å²) in [6.45, 7) is 2.63. The summed E-state index contributed by atoms with van der Waals surface area (Å²) in [5.41, 5.74) is 9.50. The molecule has 3 aromatic carbocycles. The van der Waals surface area contributed by atoms with Gasteiger partial charge in [-0.2, -0.15) is 0 Å². The van der Waals surface area contributed by atoms with Crippen molar-refractivity contribution in [2.75, 3.05) is 49.9 Å². The van der Waals surface area contributed by atoms with Gasteiger partial charge in [-0.1, -0.05) is 42.5 Å². The molecule has 2 aliphatic heterocycles. The van der Waals surface area contributed by atoms with E-state index in [-0.39, 0.29) is 35.9 Å². The number of H-pyrrole nitrogens is 1. The fraction of sp³-hybridized carbons (Fsp3) is 0.324. The molecule has 0 aliphatic carbocycles. The van der Waals surface area contributed by atoms with Crippen molar-refractivity contribution >= 4 is 55.2 Å². The van der Waals surface area contributed by atoms with E-state index in [1.807, 2.05) is 53.6 Å². The normalized spacial score (nSPS) is 16.3. The Hall–Kier alpha value is -4.10. The molecule has 1 aromatic heterocycles. The lowest BCUT2D eigenvalue weighted by Gasteiger charge is -2.38. The van der Waals surface area contributed by atoms with Gasteiger partial charge in [-0.05, 0) is 80.1 Å². The molecule has 0 unspecified atom stereocenters. The number of nitrogen functional groups attached to an aromatic ring is 1. The lowest BCUT2D eigenvalue weighted by molar-refractivity contribution is -0.133. The Morgan fingerprint density at radius 2 is 1.55 bits per heavy atom. The Morgan fingerprint density at radius 1 is 0.915 bits per heavy atom. The van der Waals surface area contributed by atoms with Crippen LogP contribution in [0.4, 0.5) is 20.6 Å². The predicted molar refractivity (Wildman–Crippen MR) is 188 cm³/mol. The van der Waals surface area contributed by atoms with E-state index in [2.05, 4.69) is 42.2 Å². The van der Waals surface area contributed by atoms with Crippen LogP contribution in [0.15, 0.2) is 86.7 Å². The van der Waals surface area contributed by atoms with Crippen molar-refractivity contribution in [1.29, 1.82) is 0 Å². The molecule has 3 heterocycles. The summed E-state index contributed by atoms with van der Waals surface area (Å²) in [6, 6.07) is 18.8. The van der Waals surface area contributed by atoms with Crippen molar-refractivity contribution in [3.63, 3.8) is 0 Å². The van der Waals surface area contributed by atoms with Crippen molar-refractivity contribution in [2.24, 2.45) is 0 Å². The van der Waals surface area contributed by atoms with Crippen LogP contribution in [-0.2, 0) is 11.2 Å². The van der Waals surface area contributed by atoms with Gasteiger partial charge in [0.25, 0.3) is 0 Å². The number of benzene rings is 3. The number of nitrogens with one attached hydrogen (secondary N) is 2. The van der Waals surface area contributed by atoms with Crippen LogP contribution in [0.25, 0.3) is 11.3 Å². The van der Waals surface area contributed by atoms with E-state index in [4.69, 9.17) is 5.73 Å². The van der Waals surface area contributed by atoms with Gasteiger partial charge in [-0.25, -0.2) is 14.0 Å². The highest BCUT2D eigenvalue weighted by molar-refractivity contribution is 9.11. The average Bonchev–Trinajstić information content (AvgIpc) is 3.48. The van der Waals surface area contributed by atoms with E-state index in [9.17, 15) is 18.8 Å². The Kier molecular flexibility index (Phi) is 10.0. The summed E-state index contributed by atoms with van der Waals surface area (Å²) in [7, 11) is 0. The summed E-state index contributed by atoms with van der Waals surface area (Å²) in [6.07, 6.45) is 3.32. The second kappa shape index (κ2) is 14.3. The molecule has 4 N–H and O–H groups in total. The molecule has 0 saturated carbocycles. The maximum atomic E-state index is 14.4. The Labute approximate surface area is 289 Å². The van der Waals surface area contributed by atoms with Crippen LogP contribution in [-0.4, -0.2) is 76.6 Å². The number of para-hydroxylation sites is 1. The van der Waals surface area contributed by atoms with Gasteiger partial charge >= 0.3 is 11.7 Å². The summed E-state index contributed by atoms with van der Waals surface area (Å²) >= 11 is 6.97. The number of carbonyl (C=O) groups is 2. The smallest absolute Gasteiger partial charge is 0.326 e. The molecular formula is C34H36Br2FN7O3. The van der Waals surface area contributed by atoms with Crippen LogP contribution in [0.5, 0.6) is 0 Å². The van der Waals surface area contributed by atoms with Crippen molar-refractivity contribution < 1.29 is 14.0 Å². The molecule has 0 spiro atoms. The highest BCUT2D eigenvalue weighted by Gasteiger charge is 2.32. The summed E-state index contributed by atoms with van der Waals surface area (Å²) < 4.78 is 17.5. The number of carbonyl (C=O) groups excluding carboxylic acids is 2. The van der Waals surface area contributed by atoms with E-state index in [0.717, 1.165) is 16.8 Å². The number of rotatable bonds is 7.